The number of allylic oxidation sites excluding steroid dienone is 2. The fraction of sp³-hybridized carbons (Fsp3) is 0.391. The van der Waals surface area contributed by atoms with E-state index in [0.29, 0.717) is 19.4 Å². The molecule has 4 rings (SSSR count). The van der Waals surface area contributed by atoms with Crippen LogP contribution in [0.15, 0.2) is 48.8 Å². The third-order valence-electron chi connectivity index (χ3n) is 5.92. The molecule has 1 fully saturated rings. The maximum absolute atomic E-state index is 12.5. The number of aromatic nitrogens is 2. The fourth-order valence-corrected chi connectivity index (χ4v) is 4.20. The topological polar surface area (TPSA) is 84.3 Å². The van der Waals surface area contributed by atoms with Crippen LogP contribution in [-0.2, 0) is 27.5 Å². The van der Waals surface area contributed by atoms with Crippen LogP contribution in [0.5, 0.6) is 0 Å². The molecule has 0 radical (unpaired) electrons. The van der Waals surface area contributed by atoms with Gasteiger partial charge in [-0.15, -0.1) is 0 Å². The molecule has 2 aromatic rings. The number of hydrogen-bond acceptors (Lipinski definition) is 4. The molecule has 156 valence electrons. The second kappa shape index (κ2) is 8.65. The Morgan fingerprint density at radius 3 is 2.50 bits per heavy atom. The minimum atomic E-state index is -0.243. The molecule has 1 N–H and O–H groups in total. The molecule has 0 spiro atoms. The van der Waals surface area contributed by atoms with Crippen molar-refractivity contribution in [1.29, 1.82) is 0 Å². The summed E-state index contributed by atoms with van der Waals surface area (Å²) >= 11 is 0. The fourth-order valence-electron chi connectivity index (χ4n) is 4.20. The standard InChI is InChI=1S/C23H26N4O3/c1-16-24-10-12-26(16)15-18-6-4-5-17(13-18)14-25-21(28)9-11-27-22(29)19-7-2-3-8-20(19)23(27)30/h2-6,10,12-13,19-20H,7-9,11,14-15H2,1H3,(H,25,28)/t19-,20-/m1/s1. The lowest BCUT2D eigenvalue weighted by Gasteiger charge is -2.14. The molecule has 1 aromatic carbocycles. The van der Waals surface area contributed by atoms with E-state index >= 15 is 0 Å². The van der Waals surface area contributed by atoms with Crippen molar-refractivity contribution >= 4 is 17.7 Å². The number of amides is 3. The van der Waals surface area contributed by atoms with Crippen molar-refractivity contribution in [1.82, 2.24) is 19.8 Å². The number of rotatable bonds is 7. The van der Waals surface area contributed by atoms with Gasteiger partial charge in [0.2, 0.25) is 17.7 Å². The number of nitrogens with one attached hydrogen (secondary N) is 1. The molecule has 3 amide bonds. The van der Waals surface area contributed by atoms with Crippen LogP contribution in [0.3, 0.4) is 0 Å². The predicted molar refractivity (Wildman–Crippen MR) is 111 cm³/mol. The first-order valence-corrected chi connectivity index (χ1v) is 10.4. The van der Waals surface area contributed by atoms with Gasteiger partial charge in [0, 0.05) is 38.4 Å². The lowest BCUT2D eigenvalue weighted by Crippen LogP contribution is -2.35. The quantitative estimate of drug-likeness (QED) is 0.564. The summed E-state index contributed by atoms with van der Waals surface area (Å²) in [7, 11) is 0. The summed E-state index contributed by atoms with van der Waals surface area (Å²) in [6.07, 6.45) is 9.01. The number of nitrogens with zero attached hydrogens (tertiary/aromatic N) is 3. The molecule has 1 saturated heterocycles. The van der Waals surface area contributed by atoms with Crippen LogP contribution in [0.1, 0.15) is 36.2 Å². The molecule has 0 bridgehead atoms. The molecule has 7 nitrogen and oxygen atoms in total. The van der Waals surface area contributed by atoms with Gasteiger partial charge in [0.1, 0.15) is 5.82 Å². The van der Waals surface area contributed by atoms with E-state index in [2.05, 4.69) is 20.9 Å². The zero-order valence-electron chi connectivity index (χ0n) is 17.1. The van der Waals surface area contributed by atoms with Gasteiger partial charge >= 0.3 is 0 Å². The molecule has 1 aromatic heterocycles. The minimum absolute atomic E-state index is 0.123. The van der Waals surface area contributed by atoms with E-state index in [0.717, 1.165) is 23.5 Å². The number of imidazole rings is 1. The van der Waals surface area contributed by atoms with Crippen LogP contribution in [0.4, 0.5) is 0 Å². The summed E-state index contributed by atoms with van der Waals surface area (Å²) in [6.45, 7) is 3.25. The van der Waals surface area contributed by atoms with Crippen molar-refractivity contribution in [2.75, 3.05) is 6.54 Å². The van der Waals surface area contributed by atoms with Crippen LogP contribution >= 0.6 is 0 Å². The third-order valence-corrected chi connectivity index (χ3v) is 5.92. The first kappa shape index (κ1) is 20.1. The number of aryl methyl sites for hydroxylation is 1. The molecule has 0 saturated carbocycles. The number of likely N-dealkylation sites (tertiary alicyclic amines) is 1. The Kier molecular flexibility index (Phi) is 5.79. The molecule has 2 atom stereocenters. The normalized spacial score (nSPS) is 20.5. The van der Waals surface area contributed by atoms with E-state index in [-0.39, 0.29) is 42.5 Å². The first-order valence-electron chi connectivity index (χ1n) is 10.4. The maximum atomic E-state index is 12.5. The summed E-state index contributed by atoms with van der Waals surface area (Å²) in [6, 6.07) is 8.05. The molecule has 2 heterocycles. The summed E-state index contributed by atoms with van der Waals surface area (Å²) in [4.78, 5) is 42.7. The highest BCUT2D eigenvalue weighted by Crippen LogP contribution is 2.34. The van der Waals surface area contributed by atoms with Crippen molar-refractivity contribution in [2.24, 2.45) is 11.8 Å². The molecular formula is C23H26N4O3. The number of carbonyl (C=O) groups excluding carboxylic acids is 3. The summed E-state index contributed by atoms with van der Waals surface area (Å²) in [5.74, 6) is 0.0314. The lowest BCUT2D eigenvalue weighted by molar-refractivity contribution is -0.140. The highest BCUT2D eigenvalue weighted by molar-refractivity contribution is 6.05. The lowest BCUT2D eigenvalue weighted by atomic mass is 9.85. The van der Waals surface area contributed by atoms with Crippen molar-refractivity contribution < 1.29 is 14.4 Å². The highest BCUT2D eigenvalue weighted by atomic mass is 16.2. The number of carbonyl (C=O) groups is 3. The van der Waals surface area contributed by atoms with E-state index in [1.807, 2.05) is 43.5 Å². The minimum Gasteiger partial charge on any atom is -0.352 e. The largest absolute Gasteiger partial charge is 0.352 e. The van der Waals surface area contributed by atoms with Crippen molar-refractivity contribution in [3.63, 3.8) is 0 Å². The van der Waals surface area contributed by atoms with Crippen LogP contribution in [0.25, 0.3) is 0 Å². The number of benzene rings is 1. The van der Waals surface area contributed by atoms with Gasteiger partial charge in [-0.05, 0) is 30.9 Å². The van der Waals surface area contributed by atoms with Gasteiger partial charge in [-0.25, -0.2) is 4.98 Å². The van der Waals surface area contributed by atoms with Crippen LogP contribution in [0.2, 0.25) is 0 Å². The van der Waals surface area contributed by atoms with Gasteiger partial charge in [-0.3, -0.25) is 19.3 Å². The average molecular weight is 406 g/mol. The number of fused-ring (bicyclic) bond motifs is 1. The highest BCUT2D eigenvalue weighted by Gasteiger charge is 2.46. The summed E-state index contributed by atoms with van der Waals surface area (Å²) in [5.41, 5.74) is 2.14. The average Bonchev–Trinajstić information content (AvgIpc) is 3.26. The number of hydrogen-bond donors (Lipinski definition) is 1. The summed E-state index contributed by atoms with van der Waals surface area (Å²) in [5, 5.41) is 2.89. The smallest absolute Gasteiger partial charge is 0.233 e. The molecule has 1 aliphatic carbocycles. The van der Waals surface area contributed by atoms with E-state index in [1.54, 1.807) is 6.20 Å². The monoisotopic (exact) mass is 406 g/mol. The zero-order chi connectivity index (χ0) is 21.1. The molecule has 7 heteroatoms. The van der Waals surface area contributed by atoms with Crippen molar-refractivity contribution in [2.45, 2.75) is 39.3 Å². The molecule has 1 aliphatic heterocycles. The maximum Gasteiger partial charge on any atom is 0.233 e. The number of imide groups is 1. The van der Waals surface area contributed by atoms with Gasteiger partial charge in [-0.1, -0.05) is 36.4 Å². The van der Waals surface area contributed by atoms with Gasteiger partial charge in [0.05, 0.1) is 11.8 Å². The van der Waals surface area contributed by atoms with E-state index in [9.17, 15) is 14.4 Å². The van der Waals surface area contributed by atoms with Gasteiger partial charge in [0.15, 0.2) is 0 Å². The summed E-state index contributed by atoms with van der Waals surface area (Å²) < 4.78 is 2.06. The Labute approximate surface area is 175 Å². The van der Waals surface area contributed by atoms with Crippen LogP contribution < -0.4 is 5.32 Å². The predicted octanol–water partition coefficient (Wildman–Crippen LogP) is 2.20. The molecule has 0 unspecified atom stereocenters. The van der Waals surface area contributed by atoms with Gasteiger partial charge in [-0.2, -0.15) is 0 Å². The Morgan fingerprint density at radius 1 is 1.13 bits per heavy atom. The van der Waals surface area contributed by atoms with Crippen molar-refractivity contribution in [3.8, 4) is 0 Å². The van der Waals surface area contributed by atoms with Crippen LogP contribution in [-0.4, -0.2) is 38.7 Å². The van der Waals surface area contributed by atoms with Crippen molar-refractivity contribution in [3.05, 3.63) is 65.8 Å². The van der Waals surface area contributed by atoms with E-state index < -0.39 is 0 Å². The van der Waals surface area contributed by atoms with Gasteiger partial charge in [0.25, 0.3) is 0 Å². The zero-order valence-corrected chi connectivity index (χ0v) is 17.1. The molecular weight excluding hydrogens is 380 g/mol. The molecule has 2 aliphatic rings. The Balaban J connectivity index is 1.27. The van der Waals surface area contributed by atoms with Gasteiger partial charge < -0.3 is 9.88 Å². The SMILES string of the molecule is Cc1nccn1Cc1cccc(CNC(=O)CCN2C(=O)[C@@H]3CC=CC[C@H]3C2=O)c1. The van der Waals surface area contributed by atoms with E-state index in [4.69, 9.17) is 0 Å². The Morgan fingerprint density at radius 2 is 1.83 bits per heavy atom. The van der Waals surface area contributed by atoms with Crippen LogP contribution in [0, 0.1) is 18.8 Å². The Hall–Kier alpha value is -3.22. The van der Waals surface area contributed by atoms with E-state index in [1.165, 1.54) is 4.90 Å². The first-order chi connectivity index (χ1) is 14.5. The second-order valence-corrected chi connectivity index (χ2v) is 7.93. The molecule has 30 heavy (non-hydrogen) atoms. The third kappa shape index (κ3) is 4.20. The second-order valence-electron chi connectivity index (χ2n) is 7.93. The Bertz CT molecular complexity index is 968.